The molecule has 1 amide bonds. The highest BCUT2D eigenvalue weighted by Gasteiger charge is 2.38. The molecule has 0 spiro atoms. The van der Waals surface area contributed by atoms with E-state index < -0.39 is 16.0 Å². The summed E-state index contributed by atoms with van der Waals surface area (Å²) in [6.07, 6.45) is 3.15. The molecule has 1 N–H and O–H groups in total. The lowest BCUT2D eigenvalue weighted by Crippen LogP contribution is -2.46. The number of benzene rings is 2. The summed E-state index contributed by atoms with van der Waals surface area (Å²) in [5.74, 6) is -1.04. The molecule has 0 unspecified atom stereocenters. The molecule has 30 heavy (non-hydrogen) atoms. The van der Waals surface area contributed by atoms with Gasteiger partial charge in [0.15, 0.2) is 6.61 Å². The molecule has 0 atom stereocenters. The summed E-state index contributed by atoms with van der Waals surface area (Å²) in [6.45, 7) is 0.117. The Morgan fingerprint density at radius 3 is 2.20 bits per heavy atom. The first-order chi connectivity index (χ1) is 14.2. The molecule has 7 nitrogen and oxygen atoms in total. The Hall–Kier alpha value is -2.71. The second kappa shape index (κ2) is 8.97. The van der Waals surface area contributed by atoms with Crippen LogP contribution >= 0.6 is 0 Å². The highest BCUT2D eigenvalue weighted by molar-refractivity contribution is 7.89. The molecular formula is C22H26N2O5S. The largest absolute Gasteiger partial charge is 0.452 e. The van der Waals surface area contributed by atoms with Crippen molar-refractivity contribution in [3.05, 3.63) is 65.7 Å². The van der Waals surface area contributed by atoms with E-state index in [9.17, 15) is 18.0 Å². The van der Waals surface area contributed by atoms with Crippen molar-refractivity contribution in [2.45, 2.75) is 29.6 Å². The van der Waals surface area contributed by atoms with Crippen LogP contribution in [-0.2, 0) is 25.0 Å². The van der Waals surface area contributed by atoms with E-state index in [2.05, 4.69) is 17.4 Å². The predicted octanol–water partition coefficient (Wildman–Crippen LogP) is 2.33. The van der Waals surface area contributed by atoms with Gasteiger partial charge < -0.3 is 10.1 Å². The average molecular weight is 431 g/mol. The topological polar surface area (TPSA) is 92.8 Å². The van der Waals surface area contributed by atoms with Gasteiger partial charge in [-0.1, -0.05) is 36.8 Å². The number of nitrogens with one attached hydrogen (secondary N) is 1. The van der Waals surface area contributed by atoms with Crippen molar-refractivity contribution in [3.8, 4) is 0 Å². The summed E-state index contributed by atoms with van der Waals surface area (Å²) in [6, 6.07) is 15.5. The zero-order valence-corrected chi connectivity index (χ0v) is 17.9. The second-order valence-corrected chi connectivity index (χ2v) is 9.82. The van der Waals surface area contributed by atoms with Gasteiger partial charge in [-0.05, 0) is 42.7 Å². The molecule has 0 aromatic heterocycles. The standard InChI is InChI=1S/C22H26N2O5S/c1-24(2)30(27,28)19-11-9-17(10-12-19)21(26)29-15-20(25)23-16-22(13-6-14-22)18-7-4-3-5-8-18/h3-5,7-12H,6,13-16H2,1-2H3,(H,23,25). The van der Waals surface area contributed by atoms with Crippen molar-refractivity contribution in [3.63, 3.8) is 0 Å². The number of amides is 1. The van der Waals surface area contributed by atoms with Gasteiger partial charge in [-0.3, -0.25) is 4.79 Å². The first kappa shape index (κ1) is 22.0. The first-order valence-electron chi connectivity index (χ1n) is 9.77. The van der Waals surface area contributed by atoms with Crippen molar-refractivity contribution >= 4 is 21.9 Å². The number of nitrogens with zero attached hydrogens (tertiary/aromatic N) is 1. The Kier molecular flexibility index (Phi) is 6.58. The summed E-state index contributed by atoms with van der Waals surface area (Å²) in [7, 11) is -0.705. The number of rotatable bonds is 8. The lowest BCUT2D eigenvalue weighted by atomic mass is 9.64. The highest BCUT2D eigenvalue weighted by Crippen LogP contribution is 2.43. The second-order valence-electron chi connectivity index (χ2n) is 7.66. The van der Waals surface area contributed by atoms with E-state index in [4.69, 9.17) is 4.74 Å². The van der Waals surface area contributed by atoms with Crippen LogP contribution in [0.4, 0.5) is 0 Å². The van der Waals surface area contributed by atoms with Crippen molar-refractivity contribution in [1.82, 2.24) is 9.62 Å². The number of ether oxygens (including phenoxy) is 1. The van der Waals surface area contributed by atoms with Crippen LogP contribution in [0.1, 0.15) is 35.2 Å². The molecule has 2 aromatic carbocycles. The van der Waals surface area contributed by atoms with Gasteiger partial charge in [0.05, 0.1) is 10.5 Å². The van der Waals surface area contributed by atoms with Gasteiger partial charge in [-0.25, -0.2) is 17.5 Å². The molecule has 160 valence electrons. The molecular weight excluding hydrogens is 404 g/mol. The fourth-order valence-electron chi connectivity index (χ4n) is 3.47. The Bertz CT molecular complexity index is 998. The summed E-state index contributed by atoms with van der Waals surface area (Å²) in [5.41, 5.74) is 1.34. The minimum Gasteiger partial charge on any atom is -0.452 e. The van der Waals surface area contributed by atoms with Gasteiger partial charge in [-0.15, -0.1) is 0 Å². The van der Waals surface area contributed by atoms with E-state index >= 15 is 0 Å². The molecule has 2 aromatic rings. The van der Waals surface area contributed by atoms with E-state index in [-0.39, 0.29) is 28.4 Å². The summed E-state index contributed by atoms with van der Waals surface area (Å²) in [5, 5.41) is 2.87. The Balaban J connectivity index is 1.52. The third-order valence-electron chi connectivity index (χ3n) is 5.52. The minimum atomic E-state index is -3.57. The molecule has 1 fully saturated rings. The summed E-state index contributed by atoms with van der Waals surface area (Å²) < 4.78 is 30.3. The average Bonchev–Trinajstić information content (AvgIpc) is 2.72. The minimum absolute atomic E-state index is 0.0469. The van der Waals surface area contributed by atoms with E-state index in [0.717, 1.165) is 23.6 Å². The third kappa shape index (κ3) is 4.71. The molecule has 8 heteroatoms. The molecule has 0 saturated heterocycles. The van der Waals surface area contributed by atoms with E-state index in [1.165, 1.54) is 43.9 Å². The predicted molar refractivity (Wildman–Crippen MR) is 113 cm³/mol. The molecule has 0 heterocycles. The quantitative estimate of drug-likeness (QED) is 0.649. The monoisotopic (exact) mass is 430 g/mol. The van der Waals surface area contributed by atoms with Gasteiger partial charge in [0.2, 0.25) is 10.0 Å². The fourth-order valence-corrected chi connectivity index (χ4v) is 4.37. The van der Waals surface area contributed by atoms with Crippen molar-refractivity contribution in [1.29, 1.82) is 0 Å². The lowest BCUT2D eigenvalue weighted by Gasteiger charge is -2.42. The SMILES string of the molecule is CN(C)S(=O)(=O)c1ccc(C(=O)OCC(=O)NCC2(c3ccccc3)CCC2)cc1. The summed E-state index contributed by atoms with van der Waals surface area (Å²) in [4.78, 5) is 24.4. The zero-order valence-electron chi connectivity index (χ0n) is 17.1. The van der Waals surface area contributed by atoms with Crippen LogP contribution in [0.2, 0.25) is 0 Å². The van der Waals surface area contributed by atoms with Crippen molar-refractivity contribution < 1.29 is 22.7 Å². The highest BCUT2D eigenvalue weighted by atomic mass is 32.2. The first-order valence-corrected chi connectivity index (χ1v) is 11.2. The van der Waals surface area contributed by atoms with Crippen LogP contribution in [0, 0.1) is 0 Å². The number of hydrogen-bond acceptors (Lipinski definition) is 5. The van der Waals surface area contributed by atoms with Gasteiger partial charge in [0.25, 0.3) is 5.91 Å². The van der Waals surface area contributed by atoms with Gasteiger partial charge in [0.1, 0.15) is 0 Å². The number of hydrogen-bond donors (Lipinski definition) is 1. The Morgan fingerprint density at radius 1 is 1.03 bits per heavy atom. The van der Waals surface area contributed by atoms with Crippen LogP contribution in [0.25, 0.3) is 0 Å². The van der Waals surface area contributed by atoms with E-state index in [0.29, 0.717) is 6.54 Å². The van der Waals surface area contributed by atoms with E-state index in [1.807, 2.05) is 18.2 Å². The van der Waals surface area contributed by atoms with Crippen LogP contribution in [0.5, 0.6) is 0 Å². The van der Waals surface area contributed by atoms with Gasteiger partial charge in [0, 0.05) is 26.1 Å². The van der Waals surface area contributed by atoms with Gasteiger partial charge in [-0.2, -0.15) is 0 Å². The maximum absolute atomic E-state index is 12.2. The molecule has 0 radical (unpaired) electrons. The Morgan fingerprint density at radius 2 is 1.67 bits per heavy atom. The number of sulfonamides is 1. The normalized spacial score (nSPS) is 15.3. The summed E-state index contributed by atoms with van der Waals surface area (Å²) >= 11 is 0. The van der Waals surface area contributed by atoms with Crippen LogP contribution in [0.15, 0.2) is 59.5 Å². The van der Waals surface area contributed by atoms with E-state index in [1.54, 1.807) is 0 Å². The smallest absolute Gasteiger partial charge is 0.338 e. The molecule has 1 aliphatic carbocycles. The van der Waals surface area contributed by atoms with Crippen molar-refractivity contribution in [2.24, 2.45) is 0 Å². The van der Waals surface area contributed by atoms with Crippen LogP contribution in [-0.4, -0.2) is 51.8 Å². The zero-order chi connectivity index (χ0) is 21.8. The lowest BCUT2D eigenvalue weighted by molar-refractivity contribution is -0.124. The molecule has 0 aliphatic heterocycles. The number of esters is 1. The molecule has 0 bridgehead atoms. The third-order valence-corrected chi connectivity index (χ3v) is 7.35. The number of carbonyl (C=O) groups excluding carboxylic acids is 2. The van der Waals surface area contributed by atoms with Crippen LogP contribution in [0.3, 0.4) is 0 Å². The van der Waals surface area contributed by atoms with Crippen molar-refractivity contribution in [2.75, 3.05) is 27.2 Å². The van der Waals surface area contributed by atoms with Crippen LogP contribution < -0.4 is 5.32 Å². The van der Waals surface area contributed by atoms with Gasteiger partial charge >= 0.3 is 5.97 Å². The molecule has 3 rings (SSSR count). The maximum Gasteiger partial charge on any atom is 0.338 e. The molecule has 1 saturated carbocycles. The number of carbonyl (C=O) groups is 2. The fraction of sp³-hybridized carbons (Fsp3) is 0.364. The molecule has 1 aliphatic rings. The Labute approximate surface area is 177 Å². The maximum atomic E-state index is 12.2.